The third-order valence-electron chi connectivity index (χ3n) is 3.49. The molecule has 4 nitrogen and oxygen atoms in total. The molecule has 0 saturated carbocycles. The molecule has 1 amide bonds. The molecule has 0 aromatic heterocycles. The number of ether oxygens (including phenoxy) is 2. The lowest BCUT2D eigenvalue weighted by atomic mass is 9.80. The van der Waals surface area contributed by atoms with Crippen molar-refractivity contribution in [2.24, 2.45) is 5.92 Å². The predicted molar refractivity (Wildman–Crippen MR) is 59.9 cm³/mol. The quantitative estimate of drug-likeness (QED) is 0.526. The van der Waals surface area contributed by atoms with Crippen LogP contribution in [0.1, 0.15) is 33.1 Å². The Morgan fingerprint density at radius 1 is 1.31 bits per heavy atom. The minimum absolute atomic E-state index is 0.0554. The molecule has 0 N–H and O–H groups in total. The first-order valence-electron chi connectivity index (χ1n) is 6.33. The van der Waals surface area contributed by atoms with Crippen molar-refractivity contribution in [3.8, 4) is 0 Å². The van der Waals surface area contributed by atoms with Crippen molar-refractivity contribution in [3.05, 3.63) is 0 Å². The van der Waals surface area contributed by atoms with E-state index < -0.39 is 0 Å². The second kappa shape index (κ2) is 5.15. The Morgan fingerprint density at radius 3 is 2.62 bits per heavy atom. The number of carbonyl (C=O) groups excluding carboxylic acids is 1. The Bertz CT molecular complexity index is 251. The number of fused-ring (bicyclic) bond motifs is 1. The molecule has 0 spiro atoms. The van der Waals surface area contributed by atoms with Gasteiger partial charge < -0.3 is 14.4 Å². The van der Waals surface area contributed by atoms with E-state index in [1.54, 1.807) is 0 Å². The van der Waals surface area contributed by atoms with Gasteiger partial charge in [-0.15, -0.1) is 0 Å². The van der Waals surface area contributed by atoms with Gasteiger partial charge in [-0.1, -0.05) is 0 Å². The summed E-state index contributed by atoms with van der Waals surface area (Å²) in [6, 6.07) is 0.365. The molecular weight excluding hydrogens is 206 g/mol. The summed E-state index contributed by atoms with van der Waals surface area (Å²) in [7, 11) is 0. The lowest BCUT2D eigenvalue weighted by Gasteiger charge is -2.51. The summed E-state index contributed by atoms with van der Waals surface area (Å²) in [4.78, 5) is 13.9. The summed E-state index contributed by atoms with van der Waals surface area (Å²) in [5.41, 5.74) is 0. The van der Waals surface area contributed by atoms with Crippen molar-refractivity contribution in [1.29, 1.82) is 0 Å². The highest BCUT2D eigenvalue weighted by Gasteiger charge is 2.52. The van der Waals surface area contributed by atoms with Crippen molar-refractivity contribution >= 4 is 5.91 Å². The highest BCUT2D eigenvalue weighted by atomic mass is 16.7. The van der Waals surface area contributed by atoms with Gasteiger partial charge in [0.25, 0.3) is 0 Å². The molecular formula is C12H21NO3. The molecule has 0 radical (unpaired) electrons. The van der Waals surface area contributed by atoms with Gasteiger partial charge in [-0.3, -0.25) is 4.79 Å². The number of hydrogen-bond acceptors (Lipinski definition) is 3. The Labute approximate surface area is 96.9 Å². The highest BCUT2D eigenvalue weighted by molar-refractivity contribution is 5.86. The Balaban J connectivity index is 1.98. The Kier molecular flexibility index (Phi) is 3.82. The fraction of sp³-hybridized carbons (Fsp3) is 0.917. The maximum absolute atomic E-state index is 12.0. The van der Waals surface area contributed by atoms with E-state index in [9.17, 15) is 4.79 Å². The van der Waals surface area contributed by atoms with Gasteiger partial charge in [-0.05, 0) is 33.1 Å². The van der Waals surface area contributed by atoms with E-state index in [-0.39, 0.29) is 18.1 Å². The zero-order valence-electron chi connectivity index (χ0n) is 10.1. The van der Waals surface area contributed by atoms with Gasteiger partial charge in [0.15, 0.2) is 6.29 Å². The van der Waals surface area contributed by atoms with Gasteiger partial charge in [0.1, 0.15) is 5.92 Å². The summed E-state index contributed by atoms with van der Waals surface area (Å²) in [5.74, 6) is 0.164. The lowest BCUT2D eigenvalue weighted by molar-refractivity contribution is -0.217. The third kappa shape index (κ3) is 1.96. The molecule has 0 aliphatic carbocycles. The first-order valence-corrected chi connectivity index (χ1v) is 6.33. The molecule has 92 valence electrons. The Morgan fingerprint density at radius 2 is 2.00 bits per heavy atom. The van der Waals surface area contributed by atoms with Crippen molar-refractivity contribution < 1.29 is 14.3 Å². The van der Waals surface area contributed by atoms with Gasteiger partial charge >= 0.3 is 0 Å². The van der Waals surface area contributed by atoms with Crippen molar-refractivity contribution in [3.63, 3.8) is 0 Å². The average molecular weight is 227 g/mol. The molecule has 0 aromatic carbocycles. The number of rotatable bonds is 5. The lowest BCUT2D eigenvalue weighted by Crippen LogP contribution is -2.66. The van der Waals surface area contributed by atoms with Gasteiger partial charge in [0.05, 0.1) is 0 Å². The number of carbonyl (C=O) groups is 1. The maximum Gasteiger partial charge on any atom is 0.233 e. The highest BCUT2D eigenvalue weighted by Crippen LogP contribution is 2.37. The van der Waals surface area contributed by atoms with E-state index in [4.69, 9.17) is 9.47 Å². The van der Waals surface area contributed by atoms with Crippen molar-refractivity contribution in [2.75, 3.05) is 19.8 Å². The SMILES string of the molecule is CCOC(OCC)[C@@H]1C(=O)N2CCCC[C@H]12. The molecule has 2 rings (SSSR count). The molecule has 4 heteroatoms. The first kappa shape index (κ1) is 11.9. The van der Waals surface area contributed by atoms with Crippen LogP contribution in [0.2, 0.25) is 0 Å². The minimum atomic E-state index is -0.332. The van der Waals surface area contributed by atoms with E-state index in [2.05, 4.69) is 0 Å². The molecule has 2 saturated heterocycles. The molecule has 2 heterocycles. The van der Waals surface area contributed by atoms with E-state index in [0.717, 1.165) is 19.4 Å². The zero-order valence-corrected chi connectivity index (χ0v) is 10.1. The maximum atomic E-state index is 12.0. The van der Waals surface area contributed by atoms with Gasteiger partial charge in [0, 0.05) is 25.8 Å². The van der Waals surface area contributed by atoms with Crippen LogP contribution in [0.3, 0.4) is 0 Å². The van der Waals surface area contributed by atoms with Crippen molar-refractivity contribution in [2.45, 2.75) is 45.4 Å². The summed E-state index contributed by atoms with van der Waals surface area (Å²) in [6.07, 6.45) is 3.13. The van der Waals surface area contributed by atoms with Gasteiger partial charge in [0.2, 0.25) is 5.91 Å². The van der Waals surface area contributed by atoms with Crippen LogP contribution >= 0.6 is 0 Å². The smallest absolute Gasteiger partial charge is 0.233 e. The number of hydrogen-bond donors (Lipinski definition) is 0. The van der Waals surface area contributed by atoms with Gasteiger partial charge in [-0.25, -0.2) is 0 Å². The monoisotopic (exact) mass is 227 g/mol. The molecule has 2 atom stereocenters. The predicted octanol–water partition coefficient (Wildman–Crippen LogP) is 1.40. The number of amides is 1. The molecule has 2 aliphatic heterocycles. The van der Waals surface area contributed by atoms with E-state index in [1.165, 1.54) is 6.42 Å². The van der Waals surface area contributed by atoms with Crippen LogP contribution in [0.4, 0.5) is 0 Å². The fourth-order valence-corrected chi connectivity index (χ4v) is 2.76. The van der Waals surface area contributed by atoms with Crippen LogP contribution in [0.15, 0.2) is 0 Å². The molecule has 2 aliphatic rings. The van der Waals surface area contributed by atoms with Crippen molar-refractivity contribution in [1.82, 2.24) is 4.90 Å². The second-order valence-corrected chi connectivity index (χ2v) is 4.40. The largest absolute Gasteiger partial charge is 0.352 e. The van der Waals surface area contributed by atoms with Crippen LogP contribution < -0.4 is 0 Å². The second-order valence-electron chi connectivity index (χ2n) is 4.40. The normalized spacial score (nSPS) is 29.2. The molecule has 0 unspecified atom stereocenters. The Hall–Kier alpha value is -0.610. The van der Waals surface area contributed by atoms with Crippen LogP contribution in [0.25, 0.3) is 0 Å². The van der Waals surface area contributed by atoms with Crippen LogP contribution in [0, 0.1) is 5.92 Å². The summed E-state index contributed by atoms with van der Waals surface area (Å²) >= 11 is 0. The van der Waals surface area contributed by atoms with E-state index >= 15 is 0 Å². The van der Waals surface area contributed by atoms with E-state index in [1.807, 2.05) is 18.7 Å². The fourth-order valence-electron chi connectivity index (χ4n) is 2.76. The molecule has 0 bridgehead atoms. The minimum Gasteiger partial charge on any atom is -0.352 e. The number of β-lactam (4-membered cyclic amide) rings is 1. The van der Waals surface area contributed by atoms with Crippen LogP contribution in [-0.2, 0) is 14.3 Å². The van der Waals surface area contributed by atoms with E-state index in [0.29, 0.717) is 19.3 Å². The number of piperidine rings is 1. The van der Waals surface area contributed by atoms with Crippen LogP contribution in [0.5, 0.6) is 0 Å². The summed E-state index contributed by atoms with van der Waals surface area (Å²) in [5, 5.41) is 0. The third-order valence-corrected chi connectivity index (χ3v) is 3.49. The summed E-state index contributed by atoms with van der Waals surface area (Å²) in [6.45, 7) is 5.99. The molecule has 0 aromatic rings. The van der Waals surface area contributed by atoms with Crippen LogP contribution in [-0.4, -0.2) is 42.9 Å². The van der Waals surface area contributed by atoms with Gasteiger partial charge in [-0.2, -0.15) is 0 Å². The molecule has 16 heavy (non-hydrogen) atoms. The first-order chi connectivity index (χ1) is 7.79. The zero-order chi connectivity index (χ0) is 11.5. The average Bonchev–Trinajstić information content (AvgIpc) is 2.29. The summed E-state index contributed by atoms with van der Waals surface area (Å²) < 4.78 is 11.1. The number of nitrogens with zero attached hydrogens (tertiary/aromatic N) is 1. The molecule has 2 fully saturated rings. The topological polar surface area (TPSA) is 38.8 Å². The standard InChI is InChI=1S/C12H21NO3/c1-3-15-12(16-4-2)10-9-7-5-6-8-13(9)11(10)14/h9-10,12H,3-8H2,1-2H3/t9-,10+/m1/s1.